The first kappa shape index (κ1) is 21.4. The van der Waals surface area contributed by atoms with E-state index in [1.807, 2.05) is 85.7 Å². The second kappa shape index (κ2) is 9.53. The molecule has 0 aliphatic rings. The fourth-order valence-corrected chi connectivity index (χ4v) is 3.54. The molecule has 0 spiro atoms. The van der Waals surface area contributed by atoms with E-state index in [9.17, 15) is 4.79 Å². The number of rotatable bonds is 8. The molecule has 0 radical (unpaired) electrons. The van der Waals surface area contributed by atoms with Crippen LogP contribution in [0.1, 0.15) is 22.2 Å². The van der Waals surface area contributed by atoms with Gasteiger partial charge in [0.1, 0.15) is 17.2 Å². The molecule has 0 saturated carbocycles. The Morgan fingerprint density at radius 3 is 2.62 bits per heavy atom. The van der Waals surface area contributed by atoms with E-state index in [-0.39, 0.29) is 11.9 Å². The van der Waals surface area contributed by atoms with Crippen LogP contribution >= 0.6 is 0 Å². The fourth-order valence-electron chi connectivity index (χ4n) is 3.54. The first-order chi connectivity index (χ1) is 15.6. The minimum absolute atomic E-state index is 0.0848. The summed E-state index contributed by atoms with van der Waals surface area (Å²) in [5, 5.41) is 7.78. The molecule has 2 aromatic heterocycles. The maximum Gasteiger partial charge on any atom is 0.255 e. The van der Waals surface area contributed by atoms with Crippen molar-refractivity contribution in [2.75, 3.05) is 27.7 Å². The van der Waals surface area contributed by atoms with Crippen LogP contribution in [0, 0.1) is 0 Å². The summed E-state index contributed by atoms with van der Waals surface area (Å²) in [5.74, 6) is 1.29. The quantitative estimate of drug-likeness (QED) is 0.454. The first-order valence-electron chi connectivity index (χ1n) is 10.3. The number of furan rings is 1. The third-order valence-electron chi connectivity index (χ3n) is 5.27. The zero-order chi connectivity index (χ0) is 22.5. The Morgan fingerprint density at radius 1 is 1.12 bits per heavy atom. The number of ether oxygens (including phenoxy) is 1. The topological polar surface area (TPSA) is 72.5 Å². The Balaban J connectivity index is 1.66. The monoisotopic (exact) mass is 430 g/mol. The Morgan fingerprint density at radius 2 is 1.94 bits per heavy atom. The largest absolute Gasteiger partial charge is 0.497 e. The van der Waals surface area contributed by atoms with Gasteiger partial charge >= 0.3 is 0 Å². The number of carbonyl (C=O) groups excluding carboxylic acids is 1. The van der Waals surface area contributed by atoms with Crippen LogP contribution in [0.25, 0.3) is 16.9 Å². The predicted molar refractivity (Wildman–Crippen MR) is 123 cm³/mol. The van der Waals surface area contributed by atoms with Gasteiger partial charge in [0, 0.05) is 18.3 Å². The number of benzene rings is 2. The van der Waals surface area contributed by atoms with Crippen LogP contribution in [0.4, 0.5) is 0 Å². The molecular formula is C25H26N4O3. The summed E-state index contributed by atoms with van der Waals surface area (Å²) in [4.78, 5) is 15.3. The Kier molecular flexibility index (Phi) is 6.37. The molecule has 4 aromatic rings. The van der Waals surface area contributed by atoms with Crippen molar-refractivity contribution >= 4 is 5.91 Å². The van der Waals surface area contributed by atoms with E-state index in [1.54, 1.807) is 24.3 Å². The highest BCUT2D eigenvalue weighted by Crippen LogP contribution is 2.27. The van der Waals surface area contributed by atoms with Gasteiger partial charge in [-0.15, -0.1) is 0 Å². The van der Waals surface area contributed by atoms with Crippen molar-refractivity contribution in [3.8, 4) is 22.7 Å². The van der Waals surface area contributed by atoms with Crippen LogP contribution in [0.15, 0.2) is 83.6 Å². The summed E-state index contributed by atoms with van der Waals surface area (Å²) in [6.07, 6.45) is 3.40. The summed E-state index contributed by atoms with van der Waals surface area (Å²) >= 11 is 0. The summed E-state index contributed by atoms with van der Waals surface area (Å²) in [6.45, 7) is 0.396. The summed E-state index contributed by atoms with van der Waals surface area (Å²) in [7, 11) is 5.52. The molecule has 1 amide bonds. The molecule has 7 nitrogen and oxygen atoms in total. The average molecular weight is 431 g/mol. The number of aromatic nitrogens is 2. The second-order valence-corrected chi connectivity index (χ2v) is 7.61. The molecule has 2 heterocycles. The van der Waals surface area contributed by atoms with Crippen LogP contribution in [-0.2, 0) is 0 Å². The third kappa shape index (κ3) is 4.58. The minimum Gasteiger partial charge on any atom is -0.497 e. The average Bonchev–Trinajstić information content (AvgIpc) is 3.50. The number of methoxy groups -OCH3 is 1. The van der Waals surface area contributed by atoms with Crippen molar-refractivity contribution in [1.82, 2.24) is 20.0 Å². The SMILES string of the molecule is COc1cccc(-c2nn(-c3ccccc3)cc2C(=O)NCC(c2ccco2)N(C)C)c1. The lowest BCUT2D eigenvalue weighted by Gasteiger charge is -2.22. The van der Waals surface area contributed by atoms with Crippen LogP contribution in [0.3, 0.4) is 0 Å². The van der Waals surface area contributed by atoms with Crippen molar-refractivity contribution in [2.45, 2.75) is 6.04 Å². The highest BCUT2D eigenvalue weighted by Gasteiger charge is 2.22. The molecule has 0 bridgehead atoms. The van der Waals surface area contributed by atoms with Crippen molar-refractivity contribution < 1.29 is 13.9 Å². The summed E-state index contributed by atoms with van der Waals surface area (Å²) in [5.41, 5.74) is 2.75. The predicted octanol–water partition coefficient (Wildman–Crippen LogP) is 4.17. The van der Waals surface area contributed by atoms with Crippen LogP contribution in [0.5, 0.6) is 5.75 Å². The normalized spacial score (nSPS) is 12.0. The van der Waals surface area contributed by atoms with E-state index in [4.69, 9.17) is 14.3 Å². The van der Waals surface area contributed by atoms with E-state index >= 15 is 0 Å². The lowest BCUT2D eigenvalue weighted by Crippen LogP contribution is -2.34. The van der Waals surface area contributed by atoms with Gasteiger partial charge in [-0.1, -0.05) is 30.3 Å². The van der Waals surface area contributed by atoms with Gasteiger partial charge in [-0.25, -0.2) is 4.68 Å². The number of amides is 1. The first-order valence-corrected chi connectivity index (χ1v) is 10.3. The number of hydrogen-bond donors (Lipinski definition) is 1. The maximum absolute atomic E-state index is 13.3. The van der Waals surface area contributed by atoms with E-state index in [0.29, 0.717) is 23.6 Å². The molecule has 4 rings (SSSR count). The number of para-hydroxylation sites is 1. The molecule has 0 fully saturated rings. The van der Waals surface area contributed by atoms with Gasteiger partial charge in [-0.05, 0) is 50.5 Å². The molecule has 1 unspecified atom stereocenters. The van der Waals surface area contributed by atoms with Gasteiger partial charge < -0.3 is 14.5 Å². The Labute approximate surface area is 187 Å². The molecule has 0 aliphatic heterocycles. The smallest absolute Gasteiger partial charge is 0.255 e. The maximum atomic E-state index is 13.3. The second-order valence-electron chi connectivity index (χ2n) is 7.61. The van der Waals surface area contributed by atoms with Gasteiger partial charge in [-0.2, -0.15) is 5.10 Å². The number of nitrogens with zero attached hydrogens (tertiary/aromatic N) is 3. The molecule has 1 atom stereocenters. The van der Waals surface area contributed by atoms with Crippen LogP contribution in [-0.4, -0.2) is 48.3 Å². The number of nitrogens with one attached hydrogen (secondary N) is 1. The van der Waals surface area contributed by atoms with Crippen molar-refractivity contribution in [3.63, 3.8) is 0 Å². The highest BCUT2D eigenvalue weighted by atomic mass is 16.5. The Bertz CT molecular complexity index is 1170. The molecule has 7 heteroatoms. The van der Waals surface area contributed by atoms with Gasteiger partial charge in [0.05, 0.1) is 30.7 Å². The molecule has 0 aliphatic carbocycles. The van der Waals surface area contributed by atoms with Gasteiger partial charge in [0.15, 0.2) is 0 Å². The third-order valence-corrected chi connectivity index (χ3v) is 5.27. The zero-order valence-corrected chi connectivity index (χ0v) is 18.4. The van der Waals surface area contributed by atoms with Gasteiger partial charge in [0.2, 0.25) is 0 Å². The van der Waals surface area contributed by atoms with Crippen LogP contribution < -0.4 is 10.1 Å². The molecule has 164 valence electrons. The molecule has 1 N–H and O–H groups in total. The number of likely N-dealkylation sites (N-methyl/N-ethyl adjacent to an activating group) is 1. The molecule has 32 heavy (non-hydrogen) atoms. The van der Waals surface area contributed by atoms with Gasteiger partial charge in [0.25, 0.3) is 5.91 Å². The van der Waals surface area contributed by atoms with E-state index < -0.39 is 0 Å². The van der Waals surface area contributed by atoms with E-state index in [1.165, 1.54) is 0 Å². The number of carbonyl (C=O) groups is 1. The number of hydrogen-bond acceptors (Lipinski definition) is 5. The fraction of sp³-hybridized carbons (Fsp3) is 0.200. The van der Waals surface area contributed by atoms with Crippen molar-refractivity contribution in [1.29, 1.82) is 0 Å². The van der Waals surface area contributed by atoms with Crippen molar-refractivity contribution in [3.05, 3.63) is 90.5 Å². The minimum atomic E-state index is -0.205. The lowest BCUT2D eigenvalue weighted by molar-refractivity contribution is 0.0939. The van der Waals surface area contributed by atoms with Crippen LogP contribution in [0.2, 0.25) is 0 Å². The van der Waals surface area contributed by atoms with E-state index in [0.717, 1.165) is 17.0 Å². The highest BCUT2D eigenvalue weighted by molar-refractivity contribution is 6.00. The zero-order valence-electron chi connectivity index (χ0n) is 18.4. The summed E-state index contributed by atoms with van der Waals surface area (Å²) in [6, 6.07) is 20.9. The Hall–Kier alpha value is -3.84. The molecular weight excluding hydrogens is 404 g/mol. The van der Waals surface area contributed by atoms with Gasteiger partial charge in [-0.3, -0.25) is 9.69 Å². The van der Waals surface area contributed by atoms with E-state index in [2.05, 4.69) is 5.32 Å². The standard InChI is InChI=1S/C25H26N4O3/c1-28(2)22(23-13-8-14-32-23)16-26-25(30)21-17-29(19-10-5-4-6-11-19)27-24(21)18-9-7-12-20(15-18)31-3/h4-15,17,22H,16H2,1-3H3,(H,26,30). The summed E-state index contributed by atoms with van der Waals surface area (Å²) < 4.78 is 12.6. The molecule has 0 saturated heterocycles. The lowest BCUT2D eigenvalue weighted by atomic mass is 10.1. The van der Waals surface area contributed by atoms with Crippen molar-refractivity contribution in [2.24, 2.45) is 0 Å². The molecule has 2 aromatic carbocycles.